The average Bonchev–Trinajstić information content (AvgIpc) is 2.62. The third-order valence-electron chi connectivity index (χ3n) is 3.34. The van der Waals surface area contributed by atoms with E-state index in [1.165, 1.54) is 0 Å². The lowest BCUT2D eigenvalue weighted by atomic mass is 10.1. The van der Waals surface area contributed by atoms with Crippen molar-refractivity contribution in [3.8, 4) is 28.5 Å². The predicted molar refractivity (Wildman–Crippen MR) is 88.8 cm³/mol. The maximum Gasteiger partial charge on any atom is 0.343 e. The molecule has 0 aliphatic heterocycles. The molecule has 1 aromatic carbocycles. The highest BCUT2D eigenvalue weighted by molar-refractivity contribution is 5.97. The molecule has 0 atom stereocenters. The largest absolute Gasteiger partial charge is 0.477 e. The van der Waals surface area contributed by atoms with E-state index in [1.807, 2.05) is 24.3 Å². The predicted octanol–water partition coefficient (Wildman–Crippen LogP) is 3.30. The van der Waals surface area contributed by atoms with Gasteiger partial charge in [-0.25, -0.2) is 9.78 Å². The zero-order valence-corrected chi connectivity index (χ0v) is 13.0. The summed E-state index contributed by atoms with van der Waals surface area (Å²) in [7, 11) is 0. The summed E-state index contributed by atoms with van der Waals surface area (Å²) in [6.07, 6.45) is 3.27. The van der Waals surface area contributed by atoms with Crippen LogP contribution in [0.5, 0.6) is 5.88 Å². The number of pyridine rings is 1. The van der Waals surface area contributed by atoms with Crippen LogP contribution in [0.25, 0.3) is 22.6 Å². The molecule has 0 saturated carbocycles. The molecular formula is C18H15N3O3. The first-order chi connectivity index (χ1) is 11.7. The Labute approximate surface area is 138 Å². The highest BCUT2D eigenvalue weighted by Gasteiger charge is 2.23. The van der Waals surface area contributed by atoms with Gasteiger partial charge in [0.1, 0.15) is 5.56 Å². The van der Waals surface area contributed by atoms with Gasteiger partial charge in [0, 0.05) is 23.5 Å². The minimum absolute atomic E-state index is 0.0457. The van der Waals surface area contributed by atoms with Crippen LogP contribution in [0, 0.1) is 0 Å². The van der Waals surface area contributed by atoms with Gasteiger partial charge in [-0.1, -0.05) is 30.3 Å². The van der Waals surface area contributed by atoms with Gasteiger partial charge >= 0.3 is 5.97 Å². The van der Waals surface area contributed by atoms with Gasteiger partial charge in [0.15, 0.2) is 5.82 Å². The molecule has 0 aliphatic rings. The standard InChI is InChI=1S/C18H15N3O3/c1-2-24-17-14(18(22)23)15(12-7-4-3-5-8-12)20-16(21-17)13-9-6-10-19-11-13/h3-11H,2H2,1H3,(H,22,23). The van der Waals surface area contributed by atoms with E-state index in [2.05, 4.69) is 15.0 Å². The van der Waals surface area contributed by atoms with Crippen molar-refractivity contribution in [2.45, 2.75) is 6.92 Å². The zero-order chi connectivity index (χ0) is 16.9. The molecule has 0 amide bonds. The first-order valence-corrected chi connectivity index (χ1v) is 7.44. The number of benzene rings is 1. The summed E-state index contributed by atoms with van der Waals surface area (Å²) in [5, 5.41) is 9.62. The second-order valence-corrected chi connectivity index (χ2v) is 4.92. The molecular weight excluding hydrogens is 306 g/mol. The van der Waals surface area contributed by atoms with E-state index in [0.29, 0.717) is 29.3 Å². The van der Waals surface area contributed by atoms with E-state index in [0.717, 1.165) is 0 Å². The molecule has 0 fully saturated rings. The van der Waals surface area contributed by atoms with Crippen molar-refractivity contribution in [3.63, 3.8) is 0 Å². The number of rotatable bonds is 5. The summed E-state index contributed by atoms with van der Waals surface area (Å²) in [5.41, 5.74) is 1.65. The van der Waals surface area contributed by atoms with E-state index in [4.69, 9.17) is 4.74 Å². The lowest BCUT2D eigenvalue weighted by Crippen LogP contribution is -2.10. The summed E-state index contributed by atoms with van der Waals surface area (Å²) in [6, 6.07) is 12.7. The Morgan fingerprint density at radius 1 is 1.08 bits per heavy atom. The molecule has 0 spiro atoms. The zero-order valence-electron chi connectivity index (χ0n) is 13.0. The summed E-state index contributed by atoms with van der Waals surface area (Å²) in [5.74, 6) is -0.705. The third kappa shape index (κ3) is 3.08. The molecule has 24 heavy (non-hydrogen) atoms. The molecule has 0 aliphatic carbocycles. The van der Waals surface area contributed by atoms with Crippen molar-refractivity contribution in [2.24, 2.45) is 0 Å². The van der Waals surface area contributed by atoms with Crippen LogP contribution in [0.4, 0.5) is 0 Å². The fourth-order valence-electron chi connectivity index (χ4n) is 2.30. The number of carbonyl (C=O) groups is 1. The minimum atomic E-state index is -1.13. The maximum absolute atomic E-state index is 11.8. The molecule has 1 N–H and O–H groups in total. The molecule has 3 rings (SSSR count). The third-order valence-corrected chi connectivity index (χ3v) is 3.34. The SMILES string of the molecule is CCOc1nc(-c2cccnc2)nc(-c2ccccc2)c1C(=O)O. The van der Waals surface area contributed by atoms with Crippen molar-refractivity contribution >= 4 is 5.97 Å². The van der Waals surface area contributed by atoms with Crippen LogP contribution < -0.4 is 4.74 Å². The number of hydrogen-bond acceptors (Lipinski definition) is 5. The number of ether oxygens (including phenoxy) is 1. The molecule has 3 aromatic rings. The van der Waals surface area contributed by atoms with Crippen LogP contribution in [-0.2, 0) is 0 Å². The van der Waals surface area contributed by atoms with E-state index >= 15 is 0 Å². The van der Waals surface area contributed by atoms with Crippen LogP contribution in [0.1, 0.15) is 17.3 Å². The summed E-state index contributed by atoms with van der Waals surface area (Å²) in [6.45, 7) is 2.08. The molecule has 0 saturated heterocycles. The van der Waals surface area contributed by atoms with Gasteiger partial charge in [-0.15, -0.1) is 0 Å². The Morgan fingerprint density at radius 2 is 1.83 bits per heavy atom. The fourth-order valence-corrected chi connectivity index (χ4v) is 2.30. The van der Waals surface area contributed by atoms with Crippen molar-refractivity contribution in [1.82, 2.24) is 15.0 Å². The minimum Gasteiger partial charge on any atom is -0.477 e. The Bertz CT molecular complexity index is 852. The molecule has 120 valence electrons. The molecule has 0 radical (unpaired) electrons. The smallest absolute Gasteiger partial charge is 0.343 e. The second kappa shape index (κ2) is 6.87. The maximum atomic E-state index is 11.8. The van der Waals surface area contributed by atoms with Gasteiger partial charge in [0.05, 0.1) is 12.3 Å². The highest BCUT2D eigenvalue weighted by Crippen LogP contribution is 2.30. The first kappa shape index (κ1) is 15.6. The number of aromatic carboxylic acids is 1. The van der Waals surface area contributed by atoms with Crippen LogP contribution in [-0.4, -0.2) is 32.6 Å². The van der Waals surface area contributed by atoms with Gasteiger partial charge in [0.2, 0.25) is 5.88 Å². The molecule has 2 aromatic heterocycles. The van der Waals surface area contributed by atoms with Crippen molar-refractivity contribution in [1.29, 1.82) is 0 Å². The highest BCUT2D eigenvalue weighted by atomic mass is 16.5. The van der Waals surface area contributed by atoms with Gasteiger partial charge in [-0.3, -0.25) is 4.98 Å². The first-order valence-electron chi connectivity index (χ1n) is 7.44. The Balaban J connectivity index is 2.28. The van der Waals surface area contributed by atoms with Gasteiger partial charge in [-0.2, -0.15) is 4.98 Å². The normalized spacial score (nSPS) is 10.4. The van der Waals surface area contributed by atoms with E-state index < -0.39 is 5.97 Å². The van der Waals surface area contributed by atoms with Gasteiger partial charge in [0.25, 0.3) is 0 Å². The second-order valence-electron chi connectivity index (χ2n) is 4.92. The Kier molecular flexibility index (Phi) is 4.47. The summed E-state index contributed by atoms with van der Waals surface area (Å²) >= 11 is 0. The van der Waals surface area contributed by atoms with Crippen LogP contribution in [0.3, 0.4) is 0 Å². The quantitative estimate of drug-likeness (QED) is 0.776. The average molecular weight is 321 g/mol. The summed E-state index contributed by atoms with van der Waals surface area (Å²) in [4.78, 5) is 24.6. The van der Waals surface area contributed by atoms with Crippen LogP contribution >= 0.6 is 0 Å². The monoisotopic (exact) mass is 321 g/mol. The molecule has 0 unspecified atom stereocenters. The van der Waals surface area contributed by atoms with E-state index in [-0.39, 0.29) is 11.4 Å². The summed E-state index contributed by atoms with van der Waals surface area (Å²) < 4.78 is 5.47. The molecule has 0 bridgehead atoms. The lowest BCUT2D eigenvalue weighted by molar-refractivity contribution is 0.0692. The number of carboxylic acids is 1. The number of nitrogens with zero attached hydrogens (tertiary/aromatic N) is 3. The Morgan fingerprint density at radius 3 is 2.46 bits per heavy atom. The topological polar surface area (TPSA) is 85.2 Å². The molecule has 6 nitrogen and oxygen atoms in total. The van der Waals surface area contributed by atoms with Gasteiger partial charge in [-0.05, 0) is 19.1 Å². The number of hydrogen-bond donors (Lipinski definition) is 1. The van der Waals surface area contributed by atoms with Crippen LogP contribution in [0.15, 0.2) is 54.9 Å². The number of aromatic nitrogens is 3. The van der Waals surface area contributed by atoms with Crippen LogP contribution in [0.2, 0.25) is 0 Å². The van der Waals surface area contributed by atoms with E-state index in [9.17, 15) is 9.90 Å². The van der Waals surface area contributed by atoms with E-state index in [1.54, 1.807) is 37.5 Å². The molecule has 6 heteroatoms. The molecule has 2 heterocycles. The van der Waals surface area contributed by atoms with Crippen molar-refractivity contribution in [3.05, 3.63) is 60.4 Å². The van der Waals surface area contributed by atoms with Crippen molar-refractivity contribution < 1.29 is 14.6 Å². The lowest BCUT2D eigenvalue weighted by Gasteiger charge is -2.13. The van der Waals surface area contributed by atoms with Gasteiger partial charge < -0.3 is 9.84 Å². The Hall–Kier alpha value is -3.28. The van der Waals surface area contributed by atoms with Crippen molar-refractivity contribution in [2.75, 3.05) is 6.61 Å². The fraction of sp³-hybridized carbons (Fsp3) is 0.111. The number of carboxylic acid groups (broad SMARTS) is 1.